The predicted molar refractivity (Wildman–Crippen MR) is 85.7 cm³/mol. The van der Waals surface area contributed by atoms with Crippen molar-refractivity contribution in [1.82, 2.24) is 4.98 Å². The highest BCUT2D eigenvalue weighted by Crippen LogP contribution is 2.23. The maximum atomic E-state index is 5.93. The molecule has 3 aromatic rings. The minimum Gasteiger partial charge on any atom is -0.398 e. The minimum absolute atomic E-state index is 0.725. The van der Waals surface area contributed by atoms with Crippen molar-refractivity contribution in [1.29, 1.82) is 0 Å². The van der Waals surface area contributed by atoms with Crippen LogP contribution in [0, 0.1) is 0 Å². The van der Waals surface area contributed by atoms with Gasteiger partial charge in [0.15, 0.2) is 0 Å². The molecule has 0 saturated carbocycles. The van der Waals surface area contributed by atoms with Crippen LogP contribution in [-0.4, -0.2) is 4.98 Å². The number of hydrogen-bond acceptors (Lipinski definition) is 4. The van der Waals surface area contributed by atoms with E-state index in [1.165, 1.54) is 0 Å². The van der Waals surface area contributed by atoms with Gasteiger partial charge in [0.25, 0.3) is 0 Å². The molecule has 4 heteroatoms. The van der Waals surface area contributed by atoms with Gasteiger partial charge in [0.2, 0.25) is 0 Å². The summed E-state index contributed by atoms with van der Waals surface area (Å²) in [5.41, 5.74) is 10.1. The number of nitrogens with zero attached hydrogens (tertiary/aromatic N) is 1. The highest BCUT2D eigenvalue weighted by molar-refractivity contribution is 7.13. The predicted octanol–water partition coefficient (Wildman–Crippen LogP) is 4.00. The largest absolute Gasteiger partial charge is 0.398 e. The molecule has 0 bridgehead atoms. The molecule has 0 fully saturated rings. The fourth-order valence-corrected chi connectivity index (χ4v) is 2.63. The van der Waals surface area contributed by atoms with E-state index in [1.54, 1.807) is 11.3 Å². The SMILES string of the molecule is Nc1ccccc1CNc1ccc(-c2nccs2)cc1. The third kappa shape index (κ3) is 2.81. The summed E-state index contributed by atoms with van der Waals surface area (Å²) < 4.78 is 0. The van der Waals surface area contributed by atoms with Crippen LogP contribution in [-0.2, 0) is 6.54 Å². The summed E-state index contributed by atoms with van der Waals surface area (Å²) in [5.74, 6) is 0. The number of nitrogens with two attached hydrogens (primary N) is 1. The van der Waals surface area contributed by atoms with Crippen LogP contribution in [0.2, 0.25) is 0 Å². The van der Waals surface area contributed by atoms with Crippen molar-refractivity contribution >= 4 is 22.7 Å². The zero-order chi connectivity index (χ0) is 13.8. The quantitative estimate of drug-likeness (QED) is 0.711. The van der Waals surface area contributed by atoms with E-state index in [2.05, 4.69) is 34.6 Å². The van der Waals surface area contributed by atoms with Gasteiger partial charge in [0.05, 0.1) is 0 Å². The number of aromatic nitrogens is 1. The Kier molecular flexibility index (Phi) is 3.65. The van der Waals surface area contributed by atoms with Gasteiger partial charge in [0.1, 0.15) is 5.01 Å². The molecule has 0 saturated heterocycles. The summed E-state index contributed by atoms with van der Waals surface area (Å²) in [6, 6.07) is 16.2. The number of nitrogens with one attached hydrogen (secondary N) is 1. The molecular weight excluding hydrogens is 266 g/mol. The first kappa shape index (κ1) is 12.7. The molecule has 0 radical (unpaired) electrons. The lowest BCUT2D eigenvalue weighted by Gasteiger charge is -2.09. The third-order valence-electron chi connectivity index (χ3n) is 3.10. The van der Waals surface area contributed by atoms with Crippen molar-refractivity contribution in [2.75, 3.05) is 11.1 Å². The van der Waals surface area contributed by atoms with Crippen molar-refractivity contribution in [3.05, 3.63) is 65.7 Å². The standard InChI is InChI=1S/C16H15N3S/c17-15-4-2-1-3-13(15)11-19-14-7-5-12(6-8-14)16-18-9-10-20-16/h1-10,19H,11,17H2. The van der Waals surface area contributed by atoms with Crippen LogP contribution in [0.5, 0.6) is 0 Å². The first-order chi connectivity index (χ1) is 9.83. The van der Waals surface area contributed by atoms with Crippen molar-refractivity contribution < 1.29 is 0 Å². The summed E-state index contributed by atoms with van der Waals surface area (Å²) in [6.07, 6.45) is 1.82. The Morgan fingerprint density at radius 1 is 1.05 bits per heavy atom. The van der Waals surface area contributed by atoms with Crippen molar-refractivity contribution in [2.45, 2.75) is 6.54 Å². The first-order valence-electron chi connectivity index (χ1n) is 6.40. The van der Waals surface area contributed by atoms with Crippen LogP contribution in [0.15, 0.2) is 60.1 Å². The molecule has 0 amide bonds. The van der Waals surface area contributed by atoms with Gasteiger partial charge in [-0.25, -0.2) is 4.98 Å². The normalized spacial score (nSPS) is 10.4. The smallest absolute Gasteiger partial charge is 0.123 e. The molecule has 20 heavy (non-hydrogen) atoms. The molecule has 100 valence electrons. The molecular formula is C16H15N3S. The van der Waals surface area contributed by atoms with Gasteiger partial charge in [-0.3, -0.25) is 0 Å². The van der Waals surface area contributed by atoms with Crippen LogP contribution < -0.4 is 11.1 Å². The summed E-state index contributed by atoms with van der Waals surface area (Å²) in [6.45, 7) is 0.725. The van der Waals surface area contributed by atoms with E-state index < -0.39 is 0 Å². The second kappa shape index (κ2) is 5.75. The van der Waals surface area contributed by atoms with Gasteiger partial charge in [-0.15, -0.1) is 11.3 Å². The van der Waals surface area contributed by atoms with E-state index >= 15 is 0 Å². The van der Waals surface area contributed by atoms with Gasteiger partial charge in [-0.2, -0.15) is 0 Å². The van der Waals surface area contributed by atoms with E-state index in [0.717, 1.165) is 34.1 Å². The molecule has 0 spiro atoms. The first-order valence-corrected chi connectivity index (χ1v) is 7.28. The highest BCUT2D eigenvalue weighted by atomic mass is 32.1. The van der Waals surface area contributed by atoms with Crippen LogP contribution in [0.4, 0.5) is 11.4 Å². The molecule has 2 aromatic carbocycles. The van der Waals surface area contributed by atoms with Gasteiger partial charge in [-0.1, -0.05) is 18.2 Å². The van der Waals surface area contributed by atoms with Gasteiger partial charge >= 0.3 is 0 Å². The van der Waals surface area contributed by atoms with Gasteiger partial charge in [0, 0.05) is 35.1 Å². The molecule has 3 rings (SSSR count). The van der Waals surface area contributed by atoms with E-state index in [-0.39, 0.29) is 0 Å². The summed E-state index contributed by atoms with van der Waals surface area (Å²) in [5, 5.41) is 6.41. The van der Waals surface area contributed by atoms with Crippen molar-refractivity contribution in [2.24, 2.45) is 0 Å². The molecule has 1 heterocycles. The average Bonchev–Trinajstić information content (AvgIpc) is 3.01. The molecule has 0 aliphatic carbocycles. The lowest BCUT2D eigenvalue weighted by Crippen LogP contribution is -2.02. The van der Waals surface area contributed by atoms with Gasteiger partial charge in [-0.05, 0) is 35.9 Å². The molecule has 3 nitrogen and oxygen atoms in total. The van der Waals surface area contributed by atoms with E-state index in [4.69, 9.17) is 5.73 Å². The molecule has 1 aromatic heterocycles. The molecule has 0 unspecified atom stereocenters. The van der Waals surface area contributed by atoms with Crippen LogP contribution >= 0.6 is 11.3 Å². The average molecular weight is 281 g/mol. The molecule has 0 aliphatic rings. The lowest BCUT2D eigenvalue weighted by molar-refractivity contribution is 1.15. The Balaban J connectivity index is 1.68. The maximum absolute atomic E-state index is 5.93. The third-order valence-corrected chi connectivity index (χ3v) is 3.92. The number of anilines is 2. The van der Waals surface area contributed by atoms with E-state index in [0.29, 0.717) is 0 Å². The van der Waals surface area contributed by atoms with Crippen molar-refractivity contribution in [3.8, 4) is 10.6 Å². The Bertz CT molecular complexity index is 675. The Hall–Kier alpha value is -2.33. The molecule has 0 atom stereocenters. The second-order valence-electron chi connectivity index (χ2n) is 4.47. The summed E-state index contributed by atoms with van der Waals surface area (Å²) in [4.78, 5) is 4.30. The number of nitrogen functional groups attached to an aromatic ring is 1. The van der Waals surface area contributed by atoms with Crippen LogP contribution in [0.1, 0.15) is 5.56 Å². The van der Waals surface area contributed by atoms with Crippen LogP contribution in [0.25, 0.3) is 10.6 Å². The van der Waals surface area contributed by atoms with E-state index in [1.807, 2.05) is 35.8 Å². The van der Waals surface area contributed by atoms with Crippen LogP contribution in [0.3, 0.4) is 0 Å². The lowest BCUT2D eigenvalue weighted by atomic mass is 10.1. The number of thiazole rings is 1. The van der Waals surface area contributed by atoms with Crippen molar-refractivity contribution in [3.63, 3.8) is 0 Å². The Labute approximate surface area is 122 Å². The highest BCUT2D eigenvalue weighted by Gasteiger charge is 2.01. The molecule has 3 N–H and O–H groups in total. The Morgan fingerprint density at radius 3 is 2.55 bits per heavy atom. The fourth-order valence-electron chi connectivity index (χ4n) is 1.99. The second-order valence-corrected chi connectivity index (χ2v) is 5.36. The number of hydrogen-bond donors (Lipinski definition) is 2. The zero-order valence-electron chi connectivity index (χ0n) is 10.9. The summed E-state index contributed by atoms with van der Waals surface area (Å²) in [7, 11) is 0. The Morgan fingerprint density at radius 2 is 1.85 bits per heavy atom. The zero-order valence-corrected chi connectivity index (χ0v) is 11.7. The molecule has 0 aliphatic heterocycles. The fraction of sp³-hybridized carbons (Fsp3) is 0.0625. The number of benzene rings is 2. The van der Waals surface area contributed by atoms with E-state index in [9.17, 15) is 0 Å². The number of para-hydroxylation sites is 1. The number of rotatable bonds is 4. The monoisotopic (exact) mass is 281 g/mol. The topological polar surface area (TPSA) is 50.9 Å². The maximum Gasteiger partial charge on any atom is 0.123 e. The van der Waals surface area contributed by atoms with Gasteiger partial charge < -0.3 is 11.1 Å². The minimum atomic E-state index is 0.725. The summed E-state index contributed by atoms with van der Waals surface area (Å²) >= 11 is 1.65.